The normalized spacial score (nSPS) is 12.3. The number of hydrogen-bond donors (Lipinski definition) is 3. The minimum absolute atomic E-state index is 0.0941. The van der Waals surface area contributed by atoms with Gasteiger partial charge in [-0.25, -0.2) is 0 Å². The number of hydrogen-bond acceptors (Lipinski definition) is 3. The Balaban J connectivity index is 2.07. The molecule has 0 aliphatic carbocycles. The summed E-state index contributed by atoms with van der Waals surface area (Å²) in [7, 11) is 0. The van der Waals surface area contributed by atoms with Crippen LogP contribution in [0.15, 0.2) is 42.5 Å². The van der Waals surface area contributed by atoms with Crippen LogP contribution in [-0.4, -0.2) is 10.2 Å². The summed E-state index contributed by atoms with van der Waals surface area (Å²) >= 11 is 6.08. The first-order valence-electron chi connectivity index (χ1n) is 6.06. The van der Waals surface area contributed by atoms with E-state index >= 15 is 0 Å². The first kappa shape index (κ1) is 13.7. The average molecular weight is 278 g/mol. The van der Waals surface area contributed by atoms with Crippen molar-refractivity contribution in [3.63, 3.8) is 0 Å². The Kier molecular flexibility index (Phi) is 4.30. The molecule has 4 heteroatoms. The summed E-state index contributed by atoms with van der Waals surface area (Å²) in [4.78, 5) is 0. The minimum Gasteiger partial charge on any atom is -0.508 e. The molecule has 3 nitrogen and oxygen atoms in total. The quantitative estimate of drug-likeness (QED) is 0.749. The molecule has 19 heavy (non-hydrogen) atoms. The van der Waals surface area contributed by atoms with Gasteiger partial charge in [0.05, 0.1) is 0 Å². The molecule has 2 rings (SSSR count). The van der Waals surface area contributed by atoms with Crippen LogP contribution >= 0.6 is 11.6 Å². The van der Waals surface area contributed by atoms with E-state index < -0.39 is 0 Å². The number of phenols is 2. The molecule has 100 valence electrons. The molecule has 3 N–H and O–H groups in total. The molecule has 0 aromatic heterocycles. The third-order valence-electron chi connectivity index (χ3n) is 3.03. The molecule has 0 bridgehead atoms. The van der Waals surface area contributed by atoms with Gasteiger partial charge in [0.2, 0.25) is 0 Å². The van der Waals surface area contributed by atoms with Crippen molar-refractivity contribution in [2.45, 2.75) is 19.5 Å². The molecule has 2 aromatic rings. The number of nitrogens with one attached hydrogen (secondary N) is 1. The third-order valence-corrected chi connectivity index (χ3v) is 3.40. The number of benzene rings is 2. The Morgan fingerprint density at radius 3 is 2.63 bits per heavy atom. The van der Waals surface area contributed by atoms with E-state index in [1.807, 2.05) is 31.2 Å². The number of rotatable bonds is 4. The highest BCUT2D eigenvalue weighted by molar-refractivity contribution is 6.31. The molecule has 0 radical (unpaired) electrons. The lowest BCUT2D eigenvalue weighted by Gasteiger charge is -2.16. The summed E-state index contributed by atoms with van der Waals surface area (Å²) in [6.07, 6.45) is 0. The second-order valence-corrected chi connectivity index (χ2v) is 4.84. The van der Waals surface area contributed by atoms with Crippen LogP contribution in [0.5, 0.6) is 11.5 Å². The van der Waals surface area contributed by atoms with Gasteiger partial charge in [0, 0.05) is 23.2 Å². The molecule has 0 amide bonds. The lowest BCUT2D eigenvalue weighted by molar-refractivity contribution is 0.440. The van der Waals surface area contributed by atoms with Crippen LogP contribution < -0.4 is 5.32 Å². The molecule has 0 spiro atoms. The molecular formula is C15H16ClNO2. The first-order chi connectivity index (χ1) is 9.08. The van der Waals surface area contributed by atoms with Crippen molar-refractivity contribution in [3.8, 4) is 11.5 Å². The summed E-state index contributed by atoms with van der Waals surface area (Å²) in [6, 6.07) is 12.0. The van der Waals surface area contributed by atoms with Gasteiger partial charge in [0.1, 0.15) is 11.5 Å². The molecule has 0 aliphatic heterocycles. The maximum atomic E-state index is 9.78. The molecule has 1 unspecified atom stereocenters. The van der Waals surface area contributed by atoms with Gasteiger partial charge in [-0.1, -0.05) is 29.8 Å². The van der Waals surface area contributed by atoms with Crippen molar-refractivity contribution in [2.75, 3.05) is 0 Å². The van der Waals surface area contributed by atoms with Crippen LogP contribution in [0.25, 0.3) is 0 Å². The second kappa shape index (κ2) is 5.95. The topological polar surface area (TPSA) is 52.5 Å². The van der Waals surface area contributed by atoms with Crippen LogP contribution in [0.1, 0.15) is 24.1 Å². The lowest BCUT2D eigenvalue weighted by Crippen LogP contribution is -2.18. The number of halogens is 1. The van der Waals surface area contributed by atoms with E-state index in [4.69, 9.17) is 11.6 Å². The third kappa shape index (κ3) is 3.40. The van der Waals surface area contributed by atoms with E-state index in [1.165, 1.54) is 12.1 Å². The van der Waals surface area contributed by atoms with Gasteiger partial charge in [-0.2, -0.15) is 0 Å². The predicted octanol–water partition coefficient (Wildman–Crippen LogP) is 3.60. The zero-order valence-corrected chi connectivity index (χ0v) is 11.4. The maximum Gasteiger partial charge on any atom is 0.120 e. The smallest absolute Gasteiger partial charge is 0.120 e. The van der Waals surface area contributed by atoms with Crippen LogP contribution in [-0.2, 0) is 6.54 Å². The van der Waals surface area contributed by atoms with Crippen molar-refractivity contribution in [2.24, 2.45) is 0 Å². The van der Waals surface area contributed by atoms with Crippen LogP contribution in [0, 0.1) is 0 Å². The summed E-state index contributed by atoms with van der Waals surface area (Å²) in [5, 5.41) is 23.2. The fourth-order valence-corrected chi connectivity index (χ4v) is 2.11. The van der Waals surface area contributed by atoms with Crippen molar-refractivity contribution in [3.05, 3.63) is 58.6 Å². The monoisotopic (exact) mass is 277 g/mol. The Morgan fingerprint density at radius 1 is 1.16 bits per heavy atom. The van der Waals surface area contributed by atoms with Gasteiger partial charge in [-0.3, -0.25) is 0 Å². The Hall–Kier alpha value is -1.71. The van der Waals surface area contributed by atoms with E-state index in [2.05, 4.69) is 5.32 Å². The van der Waals surface area contributed by atoms with Gasteiger partial charge < -0.3 is 15.5 Å². The van der Waals surface area contributed by atoms with Gasteiger partial charge in [0.15, 0.2) is 0 Å². The van der Waals surface area contributed by atoms with Gasteiger partial charge in [-0.15, -0.1) is 0 Å². The van der Waals surface area contributed by atoms with Crippen molar-refractivity contribution >= 4 is 11.6 Å². The zero-order valence-electron chi connectivity index (χ0n) is 10.6. The molecule has 0 saturated carbocycles. The molecule has 1 atom stereocenters. The summed E-state index contributed by atoms with van der Waals surface area (Å²) in [5.74, 6) is 0.302. The van der Waals surface area contributed by atoms with E-state index in [0.29, 0.717) is 17.1 Å². The summed E-state index contributed by atoms with van der Waals surface area (Å²) in [6.45, 7) is 2.52. The molecule has 0 saturated heterocycles. The van der Waals surface area contributed by atoms with E-state index in [1.54, 1.807) is 6.07 Å². The largest absolute Gasteiger partial charge is 0.508 e. The average Bonchev–Trinajstić information content (AvgIpc) is 2.40. The van der Waals surface area contributed by atoms with E-state index in [9.17, 15) is 10.2 Å². The van der Waals surface area contributed by atoms with Crippen LogP contribution in [0.3, 0.4) is 0 Å². The van der Waals surface area contributed by atoms with E-state index in [-0.39, 0.29) is 17.5 Å². The van der Waals surface area contributed by atoms with Crippen molar-refractivity contribution in [1.82, 2.24) is 5.32 Å². The summed E-state index contributed by atoms with van der Waals surface area (Å²) < 4.78 is 0. The highest BCUT2D eigenvalue weighted by Gasteiger charge is 2.11. The highest BCUT2D eigenvalue weighted by atomic mass is 35.5. The number of aromatic hydroxyl groups is 2. The maximum absolute atomic E-state index is 9.78. The fraction of sp³-hybridized carbons (Fsp3) is 0.200. The summed E-state index contributed by atoms with van der Waals surface area (Å²) in [5.41, 5.74) is 1.66. The van der Waals surface area contributed by atoms with Gasteiger partial charge >= 0.3 is 0 Å². The molecular weight excluding hydrogens is 262 g/mol. The van der Waals surface area contributed by atoms with Gasteiger partial charge in [-0.05, 0) is 36.8 Å². The van der Waals surface area contributed by atoms with E-state index in [0.717, 1.165) is 5.56 Å². The molecule has 2 aromatic carbocycles. The zero-order chi connectivity index (χ0) is 13.8. The van der Waals surface area contributed by atoms with Crippen LogP contribution in [0.2, 0.25) is 5.02 Å². The van der Waals surface area contributed by atoms with Crippen molar-refractivity contribution < 1.29 is 10.2 Å². The minimum atomic E-state index is -0.0941. The SMILES string of the molecule is CC(NCc1ccccc1Cl)c1cc(O)ccc1O. The highest BCUT2D eigenvalue weighted by Crippen LogP contribution is 2.28. The van der Waals surface area contributed by atoms with Crippen molar-refractivity contribution in [1.29, 1.82) is 0 Å². The Labute approximate surface area is 117 Å². The molecule has 0 aliphatic rings. The van der Waals surface area contributed by atoms with Crippen LogP contribution in [0.4, 0.5) is 0 Å². The Bertz CT molecular complexity index is 572. The fourth-order valence-electron chi connectivity index (χ4n) is 1.90. The molecule has 0 fully saturated rings. The lowest BCUT2D eigenvalue weighted by atomic mass is 10.1. The molecule has 0 heterocycles. The number of phenolic OH excluding ortho intramolecular Hbond substituents is 2. The predicted molar refractivity (Wildman–Crippen MR) is 76.5 cm³/mol. The Morgan fingerprint density at radius 2 is 1.89 bits per heavy atom. The standard InChI is InChI=1S/C15H16ClNO2/c1-10(13-8-12(18)6-7-15(13)19)17-9-11-4-2-3-5-14(11)16/h2-8,10,17-19H,9H2,1H3. The second-order valence-electron chi connectivity index (χ2n) is 4.44. The van der Waals surface area contributed by atoms with Gasteiger partial charge in [0.25, 0.3) is 0 Å². The first-order valence-corrected chi connectivity index (χ1v) is 6.44.